The zero-order valence-corrected chi connectivity index (χ0v) is 12.6. The number of amides is 1. The van der Waals surface area contributed by atoms with Gasteiger partial charge in [-0.15, -0.1) is 4.91 Å². The number of hydrogen-bond acceptors (Lipinski definition) is 6. The standard InChI is InChI=1S/C16H15N3O4/c1-10(13-4-3-5-14(19-22)15(13)20)17-18-16(21)11-6-8-12(23-2)9-7-11/h3-9,20H,1-2H3,(H,18,21)/b17-10+. The molecule has 0 aromatic heterocycles. The zero-order chi connectivity index (χ0) is 16.8. The van der Waals surface area contributed by atoms with Crippen LogP contribution in [-0.2, 0) is 0 Å². The van der Waals surface area contributed by atoms with E-state index in [1.807, 2.05) is 0 Å². The molecule has 0 heterocycles. The highest BCUT2D eigenvalue weighted by atomic mass is 16.5. The van der Waals surface area contributed by atoms with Crippen LogP contribution in [-0.4, -0.2) is 23.8 Å². The van der Waals surface area contributed by atoms with E-state index in [0.29, 0.717) is 22.6 Å². The Morgan fingerprint density at radius 3 is 2.48 bits per heavy atom. The van der Waals surface area contributed by atoms with Gasteiger partial charge in [-0.2, -0.15) is 5.10 Å². The summed E-state index contributed by atoms with van der Waals surface area (Å²) in [5.74, 6) is -0.0389. The van der Waals surface area contributed by atoms with Crippen molar-refractivity contribution in [2.24, 2.45) is 10.3 Å². The molecule has 1 amide bonds. The molecule has 2 aromatic rings. The number of methoxy groups -OCH3 is 1. The van der Waals surface area contributed by atoms with Gasteiger partial charge < -0.3 is 9.84 Å². The molecule has 2 rings (SSSR count). The van der Waals surface area contributed by atoms with E-state index >= 15 is 0 Å². The van der Waals surface area contributed by atoms with Gasteiger partial charge in [0.1, 0.15) is 11.4 Å². The summed E-state index contributed by atoms with van der Waals surface area (Å²) in [5, 5.41) is 16.5. The zero-order valence-electron chi connectivity index (χ0n) is 12.6. The summed E-state index contributed by atoms with van der Waals surface area (Å²) < 4.78 is 5.02. The summed E-state index contributed by atoms with van der Waals surface area (Å²) in [7, 11) is 1.54. The topological polar surface area (TPSA) is 100 Å². The number of phenols is 1. The van der Waals surface area contributed by atoms with Crippen molar-refractivity contribution < 1.29 is 14.6 Å². The van der Waals surface area contributed by atoms with Gasteiger partial charge in [0, 0.05) is 11.1 Å². The number of nitrogens with one attached hydrogen (secondary N) is 1. The molecule has 2 aromatic carbocycles. The first kappa shape index (κ1) is 16.2. The Hall–Kier alpha value is -3.22. The van der Waals surface area contributed by atoms with Crippen LogP contribution in [0.15, 0.2) is 52.7 Å². The maximum absolute atomic E-state index is 12.0. The Balaban J connectivity index is 2.15. The van der Waals surface area contributed by atoms with Gasteiger partial charge in [-0.3, -0.25) is 4.79 Å². The summed E-state index contributed by atoms with van der Waals surface area (Å²) >= 11 is 0. The van der Waals surface area contributed by atoms with E-state index in [4.69, 9.17) is 4.74 Å². The first-order valence-electron chi connectivity index (χ1n) is 6.71. The Morgan fingerprint density at radius 1 is 1.17 bits per heavy atom. The number of nitrogens with zero attached hydrogens (tertiary/aromatic N) is 2. The Morgan fingerprint density at radius 2 is 1.87 bits per heavy atom. The lowest BCUT2D eigenvalue weighted by Gasteiger charge is -2.06. The van der Waals surface area contributed by atoms with Crippen LogP contribution in [0.1, 0.15) is 22.8 Å². The average molecular weight is 313 g/mol. The number of hydrazone groups is 1. The molecule has 0 fully saturated rings. The molecule has 23 heavy (non-hydrogen) atoms. The van der Waals surface area contributed by atoms with Crippen molar-refractivity contribution in [1.29, 1.82) is 0 Å². The molecule has 0 saturated heterocycles. The largest absolute Gasteiger partial charge is 0.505 e. The molecule has 0 aliphatic carbocycles. The second-order valence-corrected chi connectivity index (χ2v) is 4.63. The van der Waals surface area contributed by atoms with E-state index in [-0.39, 0.29) is 11.4 Å². The third-order valence-corrected chi connectivity index (χ3v) is 3.18. The highest BCUT2D eigenvalue weighted by Crippen LogP contribution is 2.30. The van der Waals surface area contributed by atoms with Crippen molar-refractivity contribution in [3.63, 3.8) is 0 Å². The molecule has 7 nitrogen and oxygen atoms in total. The number of carbonyl (C=O) groups excluding carboxylic acids is 1. The minimum absolute atomic E-state index is 0.0847. The molecular formula is C16H15N3O4. The van der Waals surface area contributed by atoms with Gasteiger partial charge in [-0.1, -0.05) is 6.07 Å². The van der Waals surface area contributed by atoms with Crippen molar-refractivity contribution in [3.05, 3.63) is 58.5 Å². The first-order valence-corrected chi connectivity index (χ1v) is 6.71. The van der Waals surface area contributed by atoms with Gasteiger partial charge in [0.2, 0.25) is 0 Å². The Kier molecular flexibility index (Phi) is 5.03. The molecule has 0 radical (unpaired) electrons. The minimum Gasteiger partial charge on any atom is -0.505 e. The van der Waals surface area contributed by atoms with E-state index in [9.17, 15) is 14.8 Å². The minimum atomic E-state index is -0.406. The SMILES string of the molecule is COc1ccc(C(=O)N/N=C(\C)c2cccc(N=O)c2O)cc1. The lowest BCUT2D eigenvalue weighted by atomic mass is 10.1. The van der Waals surface area contributed by atoms with E-state index in [1.165, 1.54) is 13.2 Å². The predicted octanol–water partition coefficient (Wildman–Crippen LogP) is 2.95. The Labute approximate surface area is 132 Å². The van der Waals surface area contributed by atoms with E-state index < -0.39 is 5.91 Å². The molecule has 0 aliphatic rings. The van der Waals surface area contributed by atoms with Crippen molar-refractivity contribution in [3.8, 4) is 11.5 Å². The molecule has 0 aliphatic heterocycles. The van der Waals surface area contributed by atoms with Gasteiger partial charge in [0.05, 0.1) is 12.8 Å². The van der Waals surface area contributed by atoms with E-state index in [1.54, 1.807) is 43.3 Å². The molecule has 0 atom stereocenters. The Bertz CT molecular complexity index is 754. The second-order valence-electron chi connectivity index (χ2n) is 4.63. The first-order chi connectivity index (χ1) is 11.1. The van der Waals surface area contributed by atoms with Crippen LogP contribution in [0.25, 0.3) is 0 Å². The average Bonchev–Trinajstić information content (AvgIpc) is 2.59. The highest BCUT2D eigenvalue weighted by Gasteiger charge is 2.11. The normalized spacial score (nSPS) is 11.0. The molecule has 2 N–H and O–H groups in total. The molecular weight excluding hydrogens is 298 g/mol. The number of aromatic hydroxyl groups is 1. The van der Waals surface area contributed by atoms with Crippen LogP contribution in [0.2, 0.25) is 0 Å². The quantitative estimate of drug-likeness (QED) is 0.503. The van der Waals surface area contributed by atoms with E-state index in [2.05, 4.69) is 15.7 Å². The molecule has 0 unspecified atom stereocenters. The molecule has 0 spiro atoms. The summed E-state index contributed by atoms with van der Waals surface area (Å²) in [6.45, 7) is 1.60. The van der Waals surface area contributed by atoms with Crippen LogP contribution < -0.4 is 10.2 Å². The number of nitroso groups, excluding NO2 is 1. The number of para-hydroxylation sites is 1. The second kappa shape index (κ2) is 7.17. The van der Waals surface area contributed by atoms with Crippen molar-refractivity contribution >= 4 is 17.3 Å². The van der Waals surface area contributed by atoms with Gasteiger partial charge >= 0.3 is 0 Å². The molecule has 7 heteroatoms. The number of phenolic OH excluding ortho intramolecular Hbond substituents is 1. The molecule has 0 bridgehead atoms. The summed E-state index contributed by atoms with van der Waals surface area (Å²) in [5.41, 5.74) is 3.37. The third-order valence-electron chi connectivity index (χ3n) is 3.18. The smallest absolute Gasteiger partial charge is 0.271 e. The third kappa shape index (κ3) is 3.70. The fraction of sp³-hybridized carbons (Fsp3) is 0.125. The number of benzene rings is 2. The highest BCUT2D eigenvalue weighted by molar-refractivity contribution is 6.03. The van der Waals surface area contributed by atoms with Gasteiger partial charge in [-0.25, -0.2) is 5.43 Å². The fourth-order valence-corrected chi connectivity index (χ4v) is 1.90. The van der Waals surface area contributed by atoms with Gasteiger partial charge in [-0.05, 0) is 48.5 Å². The fourth-order valence-electron chi connectivity index (χ4n) is 1.90. The summed E-state index contributed by atoms with van der Waals surface area (Å²) in [4.78, 5) is 22.6. The summed E-state index contributed by atoms with van der Waals surface area (Å²) in [6.07, 6.45) is 0. The molecule has 0 saturated carbocycles. The lowest BCUT2D eigenvalue weighted by molar-refractivity contribution is 0.0955. The van der Waals surface area contributed by atoms with Crippen LogP contribution >= 0.6 is 0 Å². The number of hydrogen-bond donors (Lipinski definition) is 2. The van der Waals surface area contributed by atoms with E-state index in [0.717, 1.165) is 0 Å². The van der Waals surface area contributed by atoms with Crippen LogP contribution in [0.5, 0.6) is 11.5 Å². The van der Waals surface area contributed by atoms with Gasteiger partial charge in [0.15, 0.2) is 5.75 Å². The van der Waals surface area contributed by atoms with Crippen molar-refractivity contribution in [2.75, 3.05) is 7.11 Å². The van der Waals surface area contributed by atoms with Crippen LogP contribution in [0, 0.1) is 4.91 Å². The van der Waals surface area contributed by atoms with Crippen molar-refractivity contribution in [1.82, 2.24) is 5.43 Å². The number of rotatable bonds is 5. The number of carbonyl (C=O) groups is 1. The summed E-state index contributed by atoms with van der Waals surface area (Å²) in [6, 6.07) is 11.1. The van der Waals surface area contributed by atoms with Gasteiger partial charge in [0.25, 0.3) is 5.91 Å². The van der Waals surface area contributed by atoms with Crippen LogP contribution in [0.4, 0.5) is 5.69 Å². The maximum Gasteiger partial charge on any atom is 0.271 e. The maximum atomic E-state index is 12.0. The van der Waals surface area contributed by atoms with Crippen molar-refractivity contribution in [2.45, 2.75) is 6.92 Å². The predicted molar refractivity (Wildman–Crippen MR) is 86.2 cm³/mol. The van der Waals surface area contributed by atoms with Crippen LogP contribution in [0.3, 0.4) is 0 Å². The molecule has 118 valence electrons. The number of ether oxygens (including phenoxy) is 1. The monoisotopic (exact) mass is 313 g/mol. The lowest BCUT2D eigenvalue weighted by Crippen LogP contribution is -2.19.